The van der Waals surface area contributed by atoms with Crippen LogP contribution in [-0.4, -0.2) is 30.3 Å². The molecule has 1 N–H and O–H groups in total. The van der Waals surface area contributed by atoms with Crippen LogP contribution in [0.4, 0.5) is 8.78 Å². The zero-order valence-corrected chi connectivity index (χ0v) is 14.9. The van der Waals surface area contributed by atoms with Crippen molar-refractivity contribution in [3.63, 3.8) is 0 Å². The monoisotopic (exact) mass is 375 g/mol. The number of ketones is 1. The average molecular weight is 375 g/mol. The Hall–Kier alpha value is -3.09. The first-order valence-corrected chi connectivity index (χ1v) is 8.30. The van der Waals surface area contributed by atoms with E-state index in [1.165, 1.54) is 30.3 Å². The van der Waals surface area contributed by atoms with E-state index in [0.29, 0.717) is 0 Å². The molecule has 1 atom stereocenters. The van der Waals surface area contributed by atoms with Crippen LogP contribution in [0, 0.1) is 17.6 Å². The molecule has 2 aromatic carbocycles. The highest BCUT2D eigenvalue weighted by Gasteiger charge is 2.27. The maximum Gasteiger partial charge on any atom is 0.329 e. The molecule has 2 aromatic rings. The third kappa shape index (κ3) is 5.44. The lowest BCUT2D eigenvalue weighted by Gasteiger charge is -2.20. The predicted octanol–water partition coefficient (Wildman–Crippen LogP) is 3.15. The van der Waals surface area contributed by atoms with E-state index >= 15 is 0 Å². The van der Waals surface area contributed by atoms with Crippen molar-refractivity contribution in [3.8, 4) is 0 Å². The van der Waals surface area contributed by atoms with Gasteiger partial charge in [0.2, 0.25) is 0 Å². The third-order valence-electron chi connectivity index (χ3n) is 3.84. The van der Waals surface area contributed by atoms with Crippen LogP contribution < -0.4 is 5.32 Å². The molecule has 0 aliphatic heterocycles. The van der Waals surface area contributed by atoms with Crippen LogP contribution in [0.15, 0.2) is 48.5 Å². The first-order chi connectivity index (χ1) is 12.8. The van der Waals surface area contributed by atoms with Gasteiger partial charge in [-0.25, -0.2) is 13.6 Å². The van der Waals surface area contributed by atoms with E-state index in [1.54, 1.807) is 13.8 Å². The third-order valence-corrected chi connectivity index (χ3v) is 3.84. The van der Waals surface area contributed by atoms with Crippen molar-refractivity contribution in [3.05, 3.63) is 71.3 Å². The summed E-state index contributed by atoms with van der Waals surface area (Å²) in [5.74, 6) is -3.63. The van der Waals surface area contributed by atoms with Crippen LogP contribution in [-0.2, 0) is 9.53 Å². The van der Waals surface area contributed by atoms with Crippen molar-refractivity contribution in [2.75, 3.05) is 6.61 Å². The molecule has 0 aliphatic rings. The second kappa shape index (κ2) is 9.02. The molecule has 0 aliphatic carbocycles. The molecule has 0 saturated carbocycles. The highest BCUT2D eigenvalue weighted by atomic mass is 19.1. The molecule has 1 amide bonds. The molecule has 0 heterocycles. The number of rotatable bonds is 7. The molecule has 0 unspecified atom stereocenters. The highest BCUT2D eigenvalue weighted by Crippen LogP contribution is 2.10. The van der Waals surface area contributed by atoms with E-state index in [-0.39, 0.29) is 17.0 Å². The van der Waals surface area contributed by atoms with E-state index < -0.39 is 41.9 Å². The van der Waals surface area contributed by atoms with Gasteiger partial charge in [0.25, 0.3) is 5.91 Å². The van der Waals surface area contributed by atoms with Crippen molar-refractivity contribution in [1.82, 2.24) is 5.32 Å². The van der Waals surface area contributed by atoms with Crippen molar-refractivity contribution >= 4 is 17.7 Å². The number of hydrogen-bond acceptors (Lipinski definition) is 4. The summed E-state index contributed by atoms with van der Waals surface area (Å²) in [5, 5.41) is 2.43. The molecular weight excluding hydrogens is 356 g/mol. The highest BCUT2D eigenvalue weighted by molar-refractivity contribution is 5.99. The number of Topliss-reactive ketones (excluding diaryl/α,β-unsaturated/α-hetero) is 1. The number of esters is 1. The van der Waals surface area contributed by atoms with Crippen LogP contribution in [0.1, 0.15) is 34.6 Å². The Morgan fingerprint density at radius 3 is 2.22 bits per heavy atom. The zero-order valence-electron chi connectivity index (χ0n) is 14.9. The Kier molecular flexibility index (Phi) is 6.76. The van der Waals surface area contributed by atoms with Gasteiger partial charge in [-0.05, 0) is 42.3 Å². The minimum Gasteiger partial charge on any atom is -0.456 e. The molecule has 2 rings (SSSR count). The van der Waals surface area contributed by atoms with Crippen molar-refractivity contribution in [2.24, 2.45) is 5.92 Å². The number of nitrogens with one attached hydrogen (secondary N) is 1. The number of halogens is 2. The fourth-order valence-electron chi connectivity index (χ4n) is 2.31. The van der Waals surface area contributed by atoms with Gasteiger partial charge < -0.3 is 10.1 Å². The smallest absolute Gasteiger partial charge is 0.329 e. The second-order valence-corrected chi connectivity index (χ2v) is 6.21. The Morgan fingerprint density at radius 1 is 1.00 bits per heavy atom. The summed E-state index contributed by atoms with van der Waals surface area (Å²) in [6.07, 6.45) is 0. The van der Waals surface area contributed by atoms with E-state index in [2.05, 4.69) is 5.32 Å². The van der Waals surface area contributed by atoms with Gasteiger partial charge in [0.15, 0.2) is 12.4 Å². The molecule has 0 spiro atoms. The molecule has 27 heavy (non-hydrogen) atoms. The number of ether oxygens (including phenoxy) is 1. The first kappa shape index (κ1) is 20.2. The topological polar surface area (TPSA) is 72.5 Å². The van der Waals surface area contributed by atoms with Crippen LogP contribution in [0.25, 0.3) is 0 Å². The Morgan fingerprint density at radius 2 is 1.63 bits per heavy atom. The Labute approximate surface area is 155 Å². The summed E-state index contributed by atoms with van der Waals surface area (Å²) >= 11 is 0. The summed E-state index contributed by atoms with van der Waals surface area (Å²) in [7, 11) is 0. The number of carbonyl (C=O) groups is 3. The molecule has 5 nitrogen and oxygen atoms in total. The number of hydrogen-bond donors (Lipinski definition) is 1. The van der Waals surface area contributed by atoms with E-state index in [4.69, 9.17) is 4.74 Å². The Bertz CT molecular complexity index is 834. The molecule has 0 aromatic heterocycles. The molecule has 0 radical (unpaired) electrons. The number of benzene rings is 2. The number of amides is 1. The maximum absolute atomic E-state index is 13.7. The van der Waals surface area contributed by atoms with Gasteiger partial charge >= 0.3 is 5.97 Å². The summed E-state index contributed by atoms with van der Waals surface area (Å²) in [6.45, 7) is 2.80. The van der Waals surface area contributed by atoms with E-state index in [1.807, 2.05) is 0 Å². The summed E-state index contributed by atoms with van der Waals surface area (Å²) < 4.78 is 31.6. The quantitative estimate of drug-likeness (QED) is 0.596. The first-order valence-electron chi connectivity index (χ1n) is 8.30. The molecule has 0 bridgehead atoms. The standard InChI is InChI=1S/C20H19F2NO4/c1-12(2)18(23-19(25)15-5-3-4-6-16(15)22)20(26)27-11-17(24)13-7-9-14(21)10-8-13/h3-10,12,18H,11H2,1-2H3,(H,23,25)/t18-/m1/s1. The zero-order chi connectivity index (χ0) is 20.0. The lowest BCUT2D eigenvalue weighted by Crippen LogP contribution is -2.46. The van der Waals surface area contributed by atoms with Gasteiger partial charge in [-0.15, -0.1) is 0 Å². The van der Waals surface area contributed by atoms with Crippen LogP contribution in [0.3, 0.4) is 0 Å². The fourth-order valence-corrected chi connectivity index (χ4v) is 2.31. The maximum atomic E-state index is 13.7. The van der Waals surface area contributed by atoms with E-state index in [9.17, 15) is 23.2 Å². The van der Waals surface area contributed by atoms with Gasteiger partial charge in [0.1, 0.15) is 17.7 Å². The van der Waals surface area contributed by atoms with Crippen LogP contribution >= 0.6 is 0 Å². The predicted molar refractivity (Wildman–Crippen MR) is 94.2 cm³/mol. The SMILES string of the molecule is CC(C)[C@@H](NC(=O)c1ccccc1F)C(=O)OCC(=O)c1ccc(F)cc1. The molecule has 7 heteroatoms. The fraction of sp³-hybridized carbons (Fsp3) is 0.250. The van der Waals surface area contributed by atoms with Gasteiger partial charge in [-0.3, -0.25) is 9.59 Å². The minimum absolute atomic E-state index is 0.195. The van der Waals surface area contributed by atoms with Crippen LogP contribution in [0.2, 0.25) is 0 Å². The van der Waals surface area contributed by atoms with E-state index in [0.717, 1.165) is 18.2 Å². The summed E-state index contributed by atoms with van der Waals surface area (Å²) in [5.41, 5.74) is -0.000900. The molecule has 142 valence electrons. The lowest BCUT2D eigenvalue weighted by atomic mass is 10.0. The largest absolute Gasteiger partial charge is 0.456 e. The van der Waals surface area contributed by atoms with Gasteiger partial charge in [0, 0.05) is 5.56 Å². The van der Waals surface area contributed by atoms with Crippen molar-refractivity contribution in [2.45, 2.75) is 19.9 Å². The number of carbonyl (C=O) groups excluding carboxylic acids is 3. The molecular formula is C20H19F2NO4. The second-order valence-electron chi connectivity index (χ2n) is 6.21. The minimum atomic E-state index is -1.06. The van der Waals surface area contributed by atoms with Gasteiger partial charge in [-0.2, -0.15) is 0 Å². The van der Waals surface area contributed by atoms with Gasteiger partial charge in [0.05, 0.1) is 5.56 Å². The molecule has 0 saturated heterocycles. The van der Waals surface area contributed by atoms with Crippen LogP contribution in [0.5, 0.6) is 0 Å². The van der Waals surface area contributed by atoms with Gasteiger partial charge in [-0.1, -0.05) is 26.0 Å². The van der Waals surface area contributed by atoms with Crippen molar-refractivity contribution in [1.29, 1.82) is 0 Å². The summed E-state index contributed by atoms with van der Waals surface area (Å²) in [4.78, 5) is 36.5. The molecule has 0 fully saturated rings. The lowest BCUT2D eigenvalue weighted by molar-refractivity contribution is -0.145. The average Bonchev–Trinajstić information content (AvgIpc) is 2.64. The Balaban J connectivity index is 2.00. The normalized spacial score (nSPS) is 11.7. The summed E-state index contributed by atoms with van der Waals surface area (Å²) in [6, 6.07) is 9.14. The van der Waals surface area contributed by atoms with Crippen molar-refractivity contribution < 1.29 is 27.9 Å².